The van der Waals surface area contributed by atoms with Crippen LogP contribution in [0.15, 0.2) is 0 Å². The molecule has 1 atom stereocenters. The lowest BCUT2D eigenvalue weighted by atomic mass is 9.86. The molecule has 0 radical (unpaired) electrons. The first-order valence-corrected chi connectivity index (χ1v) is 5.02. The zero-order valence-corrected chi connectivity index (χ0v) is 8.64. The van der Waals surface area contributed by atoms with Gasteiger partial charge in [-0.3, -0.25) is 0 Å². The number of quaternary nitrogens is 1. The third kappa shape index (κ3) is 1.38. The lowest BCUT2D eigenvalue weighted by Crippen LogP contribution is -2.39. The van der Waals surface area contributed by atoms with Crippen molar-refractivity contribution in [3.8, 4) is 0 Å². The largest absolute Gasteiger partial charge is 0.328 e. The van der Waals surface area contributed by atoms with Crippen molar-refractivity contribution in [1.82, 2.24) is 4.90 Å². The summed E-state index contributed by atoms with van der Waals surface area (Å²) < 4.78 is 1.24. The van der Waals surface area contributed by atoms with E-state index in [2.05, 4.69) is 26.0 Å². The summed E-state index contributed by atoms with van der Waals surface area (Å²) in [6.45, 7) is 5.44. The first-order chi connectivity index (χ1) is 5.52. The number of hydrogen-bond donors (Lipinski definition) is 0. The molecule has 2 rings (SSSR count). The predicted octanol–water partition coefficient (Wildman–Crippen LogP) is 0.788. The average Bonchev–Trinajstić information content (AvgIpc) is 2.41. The van der Waals surface area contributed by atoms with Crippen LogP contribution in [-0.2, 0) is 0 Å². The van der Waals surface area contributed by atoms with Gasteiger partial charge in [0.15, 0.2) is 0 Å². The summed E-state index contributed by atoms with van der Waals surface area (Å²) in [6, 6.07) is 0. The predicted molar refractivity (Wildman–Crippen MR) is 51.0 cm³/mol. The Morgan fingerprint density at radius 2 is 2.00 bits per heavy atom. The van der Waals surface area contributed by atoms with Gasteiger partial charge in [-0.2, -0.15) is 0 Å². The van der Waals surface area contributed by atoms with Crippen molar-refractivity contribution in [3.05, 3.63) is 0 Å². The fraction of sp³-hybridized carbons (Fsp3) is 1.00. The van der Waals surface area contributed by atoms with Gasteiger partial charge in [-0.25, -0.2) is 0 Å². The second kappa shape index (κ2) is 2.46. The van der Waals surface area contributed by atoms with E-state index in [0.717, 1.165) is 0 Å². The maximum atomic E-state index is 2.49. The molecular formula is C10H21N2+. The highest BCUT2D eigenvalue weighted by Crippen LogP contribution is 2.40. The lowest BCUT2D eigenvalue weighted by molar-refractivity contribution is -0.880. The third-order valence-corrected chi connectivity index (χ3v) is 3.64. The number of hydrogen-bond acceptors (Lipinski definition) is 1. The molecule has 2 heterocycles. The zero-order chi connectivity index (χ0) is 8.82. The molecule has 2 saturated heterocycles. The summed E-state index contributed by atoms with van der Waals surface area (Å²) in [5, 5.41) is 0. The van der Waals surface area contributed by atoms with Gasteiger partial charge in [0, 0.05) is 18.4 Å². The summed E-state index contributed by atoms with van der Waals surface area (Å²) in [7, 11) is 6.99. The van der Waals surface area contributed by atoms with Gasteiger partial charge >= 0.3 is 0 Å². The fourth-order valence-corrected chi connectivity index (χ4v) is 3.10. The van der Waals surface area contributed by atoms with Crippen LogP contribution in [0.4, 0.5) is 0 Å². The van der Waals surface area contributed by atoms with E-state index in [-0.39, 0.29) is 0 Å². The van der Waals surface area contributed by atoms with Crippen LogP contribution in [0.5, 0.6) is 0 Å². The Kier molecular flexibility index (Phi) is 1.74. The van der Waals surface area contributed by atoms with Crippen LogP contribution in [0, 0.1) is 5.41 Å². The van der Waals surface area contributed by atoms with E-state index in [4.69, 9.17) is 0 Å². The molecule has 0 aromatic rings. The van der Waals surface area contributed by atoms with Crippen molar-refractivity contribution < 1.29 is 4.48 Å². The van der Waals surface area contributed by atoms with E-state index < -0.39 is 0 Å². The first-order valence-electron chi connectivity index (χ1n) is 5.02. The van der Waals surface area contributed by atoms with Crippen molar-refractivity contribution in [2.24, 2.45) is 5.41 Å². The SMILES string of the molecule is CN1CCC2(CC[N+](C)(C)C2)C1. The molecule has 0 bridgehead atoms. The van der Waals surface area contributed by atoms with Gasteiger partial charge in [0.25, 0.3) is 0 Å². The molecule has 1 spiro atoms. The molecule has 70 valence electrons. The Bertz CT molecular complexity index is 188. The molecule has 0 aromatic carbocycles. The topological polar surface area (TPSA) is 3.24 Å². The van der Waals surface area contributed by atoms with E-state index in [1.54, 1.807) is 0 Å². The Morgan fingerprint density at radius 3 is 2.42 bits per heavy atom. The van der Waals surface area contributed by atoms with Gasteiger partial charge in [0.05, 0.1) is 27.2 Å². The minimum absolute atomic E-state index is 0.693. The van der Waals surface area contributed by atoms with E-state index >= 15 is 0 Å². The van der Waals surface area contributed by atoms with E-state index in [9.17, 15) is 0 Å². The number of likely N-dealkylation sites (tertiary alicyclic amines) is 2. The van der Waals surface area contributed by atoms with Crippen molar-refractivity contribution in [2.45, 2.75) is 12.8 Å². The molecule has 0 saturated carbocycles. The normalized spacial score (nSPS) is 41.2. The van der Waals surface area contributed by atoms with Crippen LogP contribution >= 0.6 is 0 Å². The molecule has 2 aliphatic rings. The minimum atomic E-state index is 0.693. The van der Waals surface area contributed by atoms with Crippen molar-refractivity contribution >= 4 is 0 Å². The average molecular weight is 169 g/mol. The molecule has 1 unspecified atom stereocenters. The summed E-state index contributed by atoms with van der Waals surface area (Å²) in [6.07, 6.45) is 2.88. The number of nitrogens with zero attached hydrogens (tertiary/aromatic N) is 2. The molecule has 2 heteroatoms. The van der Waals surface area contributed by atoms with Gasteiger partial charge < -0.3 is 9.38 Å². The van der Waals surface area contributed by atoms with Crippen LogP contribution in [-0.4, -0.2) is 56.7 Å². The van der Waals surface area contributed by atoms with Crippen LogP contribution < -0.4 is 0 Å². The van der Waals surface area contributed by atoms with Crippen LogP contribution in [0.3, 0.4) is 0 Å². The molecule has 2 nitrogen and oxygen atoms in total. The van der Waals surface area contributed by atoms with Gasteiger partial charge in [-0.1, -0.05) is 0 Å². The second-order valence-corrected chi connectivity index (χ2v) is 5.56. The highest BCUT2D eigenvalue weighted by Gasteiger charge is 2.47. The van der Waals surface area contributed by atoms with E-state index in [1.807, 2.05) is 0 Å². The second-order valence-electron chi connectivity index (χ2n) is 5.56. The maximum Gasteiger partial charge on any atom is 0.0854 e. The van der Waals surface area contributed by atoms with Gasteiger partial charge in [0.1, 0.15) is 0 Å². The summed E-state index contributed by atoms with van der Waals surface area (Å²) in [5.41, 5.74) is 0.693. The highest BCUT2D eigenvalue weighted by molar-refractivity contribution is 4.91. The van der Waals surface area contributed by atoms with E-state index in [0.29, 0.717) is 5.41 Å². The molecule has 0 aliphatic carbocycles. The van der Waals surface area contributed by atoms with Gasteiger partial charge in [0.2, 0.25) is 0 Å². The molecule has 0 aromatic heterocycles. The highest BCUT2D eigenvalue weighted by atomic mass is 15.3. The Morgan fingerprint density at radius 1 is 1.25 bits per heavy atom. The monoisotopic (exact) mass is 169 g/mol. The molecule has 2 fully saturated rings. The number of rotatable bonds is 0. The van der Waals surface area contributed by atoms with Crippen LogP contribution in [0.1, 0.15) is 12.8 Å². The maximum absolute atomic E-state index is 2.49. The van der Waals surface area contributed by atoms with Crippen molar-refractivity contribution in [3.63, 3.8) is 0 Å². The summed E-state index contributed by atoms with van der Waals surface area (Å²) in [5.74, 6) is 0. The lowest BCUT2D eigenvalue weighted by Gasteiger charge is -2.27. The standard InChI is InChI=1S/C10H21N2/c1-11-6-4-10(8-11)5-7-12(2,3)9-10/h4-9H2,1-3H3/q+1. The Balaban J connectivity index is 2.06. The third-order valence-electron chi connectivity index (χ3n) is 3.64. The quantitative estimate of drug-likeness (QED) is 0.485. The zero-order valence-electron chi connectivity index (χ0n) is 8.64. The van der Waals surface area contributed by atoms with Crippen molar-refractivity contribution in [2.75, 3.05) is 47.3 Å². The summed E-state index contributed by atoms with van der Waals surface area (Å²) >= 11 is 0. The fourth-order valence-electron chi connectivity index (χ4n) is 3.10. The van der Waals surface area contributed by atoms with Crippen LogP contribution in [0.25, 0.3) is 0 Å². The Hall–Kier alpha value is -0.0800. The first kappa shape index (κ1) is 8.52. The van der Waals surface area contributed by atoms with Crippen LogP contribution in [0.2, 0.25) is 0 Å². The molecular weight excluding hydrogens is 148 g/mol. The molecule has 12 heavy (non-hydrogen) atoms. The van der Waals surface area contributed by atoms with Gasteiger partial charge in [-0.05, 0) is 20.0 Å². The van der Waals surface area contributed by atoms with E-state index in [1.165, 1.54) is 43.5 Å². The van der Waals surface area contributed by atoms with Gasteiger partial charge in [-0.15, -0.1) is 0 Å². The molecule has 0 N–H and O–H groups in total. The smallest absolute Gasteiger partial charge is 0.0854 e. The molecule has 0 amide bonds. The Labute approximate surface area is 75.7 Å². The molecule has 2 aliphatic heterocycles. The van der Waals surface area contributed by atoms with Crippen molar-refractivity contribution in [1.29, 1.82) is 0 Å². The summed E-state index contributed by atoms with van der Waals surface area (Å²) in [4.78, 5) is 2.49. The minimum Gasteiger partial charge on any atom is -0.328 e.